The van der Waals surface area contributed by atoms with Crippen molar-refractivity contribution in [2.24, 2.45) is 0 Å². The maximum atomic E-state index is 5.81. The van der Waals surface area contributed by atoms with Crippen LogP contribution in [0.1, 0.15) is 25.5 Å². The van der Waals surface area contributed by atoms with E-state index >= 15 is 0 Å². The fraction of sp³-hybridized carbons (Fsp3) is 0.647. The van der Waals surface area contributed by atoms with Gasteiger partial charge in [0.05, 0.1) is 12.7 Å². The molecule has 0 saturated carbocycles. The summed E-state index contributed by atoms with van der Waals surface area (Å²) in [5, 5.41) is 3.39. The van der Waals surface area contributed by atoms with Crippen molar-refractivity contribution in [3.05, 3.63) is 29.8 Å². The normalized spacial score (nSPS) is 24.5. The number of nitrogens with zero attached hydrogens (tertiary/aromatic N) is 2. The molecule has 0 amide bonds. The molecule has 1 aromatic carbocycles. The molecule has 0 aromatic heterocycles. The summed E-state index contributed by atoms with van der Waals surface area (Å²) < 4.78 is 5.81. The second-order valence-electron chi connectivity index (χ2n) is 6.27. The Kier molecular flexibility index (Phi) is 4.78. The molecular weight excluding hydrogens is 262 g/mol. The van der Waals surface area contributed by atoms with Gasteiger partial charge in [0.1, 0.15) is 0 Å². The minimum absolute atomic E-state index is 0.214. The summed E-state index contributed by atoms with van der Waals surface area (Å²) in [4.78, 5) is 5.04. The molecule has 2 saturated heterocycles. The van der Waals surface area contributed by atoms with E-state index in [1.165, 1.54) is 11.3 Å². The lowest BCUT2D eigenvalue weighted by molar-refractivity contribution is 0.0277. The van der Waals surface area contributed by atoms with Gasteiger partial charge in [-0.2, -0.15) is 0 Å². The van der Waals surface area contributed by atoms with Gasteiger partial charge in [0.2, 0.25) is 0 Å². The average molecular weight is 289 g/mol. The van der Waals surface area contributed by atoms with Gasteiger partial charge in [-0.25, -0.2) is 0 Å². The van der Waals surface area contributed by atoms with Gasteiger partial charge in [-0.1, -0.05) is 12.1 Å². The van der Waals surface area contributed by atoms with E-state index in [4.69, 9.17) is 4.74 Å². The number of nitrogens with one attached hydrogen (secondary N) is 1. The highest BCUT2D eigenvalue weighted by Gasteiger charge is 2.20. The number of rotatable bonds is 3. The molecule has 2 aliphatic rings. The Morgan fingerprint density at radius 3 is 2.38 bits per heavy atom. The van der Waals surface area contributed by atoms with Gasteiger partial charge in [0, 0.05) is 51.0 Å². The maximum absolute atomic E-state index is 5.81. The van der Waals surface area contributed by atoms with Gasteiger partial charge in [-0.15, -0.1) is 0 Å². The number of anilines is 1. The van der Waals surface area contributed by atoms with Crippen LogP contribution in [0.2, 0.25) is 0 Å². The predicted molar refractivity (Wildman–Crippen MR) is 86.9 cm³/mol. The van der Waals surface area contributed by atoms with Crippen LogP contribution in [0.5, 0.6) is 0 Å². The number of morpholine rings is 1. The molecule has 21 heavy (non-hydrogen) atoms. The summed E-state index contributed by atoms with van der Waals surface area (Å²) in [6, 6.07) is 9.60. The lowest BCUT2D eigenvalue weighted by atomic mass is 10.1. The van der Waals surface area contributed by atoms with E-state index in [0.717, 1.165) is 45.9 Å². The van der Waals surface area contributed by atoms with Crippen molar-refractivity contribution < 1.29 is 4.74 Å². The highest BCUT2D eigenvalue weighted by Crippen LogP contribution is 2.23. The molecule has 0 aliphatic carbocycles. The van der Waals surface area contributed by atoms with Crippen LogP contribution < -0.4 is 10.2 Å². The largest absolute Gasteiger partial charge is 0.371 e. The van der Waals surface area contributed by atoms with Gasteiger partial charge in [-0.3, -0.25) is 4.90 Å². The fourth-order valence-corrected chi connectivity index (χ4v) is 3.18. The van der Waals surface area contributed by atoms with Crippen LogP contribution in [0.25, 0.3) is 0 Å². The van der Waals surface area contributed by atoms with Crippen molar-refractivity contribution in [2.45, 2.75) is 26.0 Å². The summed E-state index contributed by atoms with van der Waals surface area (Å²) in [5.74, 6) is 0. The van der Waals surface area contributed by atoms with Gasteiger partial charge in [0.15, 0.2) is 0 Å². The van der Waals surface area contributed by atoms with E-state index in [-0.39, 0.29) is 6.10 Å². The summed E-state index contributed by atoms with van der Waals surface area (Å²) in [5.41, 5.74) is 2.62. The zero-order valence-corrected chi connectivity index (χ0v) is 13.2. The van der Waals surface area contributed by atoms with Crippen molar-refractivity contribution in [1.82, 2.24) is 10.2 Å². The minimum atomic E-state index is 0.214. The van der Waals surface area contributed by atoms with Gasteiger partial charge in [0.25, 0.3) is 0 Å². The average Bonchev–Trinajstić information content (AvgIpc) is 2.56. The number of benzene rings is 1. The topological polar surface area (TPSA) is 27.7 Å². The van der Waals surface area contributed by atoms with Crippen molar-refractivity contribution in [1.29, 1.82) is 0 Å². The van der Waals surface area contributed by atoms with Crippen molar-refractivity contribution >= 4 is 5.69 Å². The zero-order chi connectivity index (χ0) is 14.7. The lowest BCUT2D eigenvalue weighted by Gasteiger charge is -2.38. The monoisotopic (exact) mass is 289 g/mol. The molecule has 1 atom stereocenters. The third kappa shape index (κ3) is 3.57. The van der Waals surface area contributed by atoms with Gasteiger partial charge >= 0.3 is 0 Å². The van der Waals surface area contributed by atoms with Crippen LogP contribution in [0.3, 0.4) is 0 Å². The molecule has 2 aliphatic heterocycles. The minimum Gasteiger partial charge on any atom is -0.371 e. The molecule has 1 N–H and O–H groups in total. The summed E-state index contributed by atoms with van der Waals surface area (Å²) in [7, 11) is 0. The molecule has 4 nitrogen and oxygen atoms in total. The lowest BCUT2D eigenvalue weighted by Crippen LogP contribution is -2.48. The predicted octanol–water partition coefficient (Wildman–Crippen LogP) is 1.88. The summed E-state index contributed by atoms with van der Waals surface area (Å²) >= 11 is 0. The molecule has 4 heteroatoms. The Morgan fingerprint density at radius 2 is 1.81 bits per heavy atom. The van der Waals surface area contributed by atoms with Gasteiger partial charge in [-0.05, 0) is 31.5 Å². The second kappa shape index (κ2) is 6.77. The molecule has 116 valence electrons. The van der Waals surface area contributed by atoms with Crippen LogP contribution in [-0.4, -0.2) is 56.8 Å². The summed E-state index contributed by atoms with van der Waals surface area (Å²) in [6.07, 6.45) is 0.214. The van der Waals surface area contributed by atoms with Crippen LogP contribution in [0.15, 0.2) is 24.3 Å². The van der Waals surface area contributed by atoms with E-state index in [9.17, 15) is 0 Å². The second-order valence-corrected chi connectivity index (χ2v) is 6.27. The Balaban J connectivity index is 1.59. The van der Waals surface area contributed by atoms with Crippen molar-refractivity contribution in [3.63, 3.8) is 0 Å². The number of piperazine rings is 1. The zero-order valence-electron chi connectivity index (χ0n) is 13.2. The van der Waals surface area contributed by atoms with E-state index in [0.29, 0.717) is 6.04 Å². The molecule has 1 aromatic rings. The van der Waals surface area contributed by atoms with Gasteiger partial charge < -0.3 is 15.0 Å². The van der Waals surface area contributed by atoms with Crippen LogP contribution in [0, 0.1) is 0 Å². The first kappa shape index (κ1) is 14.8. The Labute approximate surface area is 128 Å². The smallest absolute Gasteiger partial charge is 0.0949 e. The SMILES string of the molecule is CC(C)N1CCN(c2ccc(C3CNCCO3)cc2)CC1. The first-order valence-electron chi connectivity index (χ1n) is 8.15. The van der Waals surface area contributed by atoms with E-state index < -0.39 is 0 Å². The number of hydrogen-bond acceptors (Lipinski definition) is 4. The molecule has 0 spiro atoms. The molecular formula is C17H27N3O. The number of ether oxygens (including phenoxy) is 1. The van der Waals surface area contributed by atoms with E-state index in [1.54, 1.807) is 0 Å². The quantitative estimate of drug-likeness (QED) is 0.919. The highest BCUT2D eigenvalue weighted by atomic mass is 16.5. The molecule has 0 radical (unpaired) electrons. The van der Waals surface area contributed by atoms with Crippen molar-refractivity contribution in [3.8, 4) is 0 Å². The molecule has 1 unspecified atom stereocenters. The highest BCUT2D eigenvalue weighted by molar-refractivity contribution is 5.48. The Hall–Kier alpha value is -1.10. The van der Waals surface area contributed by atoms with E-state index in [2.05, 4.69) is 53.2 Å². The Bertz CT molecular complexity index is 432. The fourth-order valence-electron chi connectivity index (χ4n) is 3.18. The first-order valence-corrected chi connectivity index (χ1v) is 8.15. The molecule has 2 heterocycles. The third-order valence-electron chi connectivity index (χ3n) is 4.60. The van der Waals surface area contributed by atoms with Crippen LogP contribution >= 0.6 is 0 Å². The maximum Gasteiger partial charge on any atom is 0.0949 e. The van der Waals surface area contributed by atoms with Crippen LogP contribution in [0.4, 0.5) is 5.69 Å². The number of hydrogen-bond donors (Lipinski definition) is 1. The molecule has 2 fully saturated rings. The summed E-state index contributed by atoms with van der Waals surface area (Å²) in [6.45, 7) is 11.8. The van der Waals surface area contributed by atoms with Crippen LogP contribution in [-0.2, 0) is 4.74 Å². The Morgan fingerprint density at radius 1 is 1.10 bits per heavy atom. The van der Waals surface area contributed by atoms with E-state index in [1.807, 2.05) is 0 Å². The third-order valence-corrected chi connectivity index (χ3v) is 4.60. The standard InChI is InChI=1S/C17H27N3O/c1-14(2)19-8-10-20(11-9-19)16-5-3-15(4-6-16)17-13-18-7-12-21-17/h3-6,14,17-18H,7-13H2,1-2H3. The molecule has 3 rings (SSSR count). The van der Waals surface area contributed by atoms with Crippen molar-refractivity contribution in [2.75, 3.05) is 50.8 Å². The first-order chi connectivity index (χ1) is 10.2. The molecule has 0 bridgehead atoms.